The minimum absolute atomic E-state index is 0.0420. The Balaban J connectivity index is 1.20. The molecule has 3 aromatic heterocycles. The standard InChI is InChI=1S/C34H30N6O/c1-22-18-25(40-17-16-35-21-40)19-27-30(22)39-31(38-27)29-26(12-15-36-32(29)41)37-28-20-34(28,24-10-6-3-7-11-24)33(13-14-33)23-8-4-2-5-9-23/h2-12,15-19,21,28H,13-14,20H2,1H3,(H,38,39)(H2,36,37,41). The van der Waals surface area contributed by atoms with Gasteiger partial charge in [0.2, 0.25) is 0 Å². The van der Waals surface area contributed by atoms with Crippen molar-refractivity contribution in [2.24, 2.45) is 0 Å². The smallest absolute Gasteiger partial charge is 0.261 e. The van der Waals surface area contributed by atoms with Gasteiger partial charge in [0, 0.05) is 41.1 Å². The molecule has 3 aromatic carbocycles. The molecule has 2 aliphatic carbocycles. The first-order chi connectivity index (χ1) is 20.1. The van der Waals surface area contributed by atoms with Crippen LogP contribution in [0.5, 0.6) is 0 Å². The van der Waals surface area contributed by atoms with E-state index in [-0.39, 0.29) is 22.4 Å². The number of aryl methyl sites for hydroxylation is 1. The second-order valence-corrected chi connectivity index (χ2v) is 11.5. The molecule has 0 radical (unpaired) electrons. The topological polar surface area (TPSA) is 91.4 Å². The number of aromatic nitrogens is 5. The molecule has 6 aromatic rings. The van der Waals surface area contributed by atoms with E-state index in [0.29, 0.717) is 11.4 Å². The fraction of sp³-hybridized carbons (Fsp3) is 0.206. The summed E-state index contributed by atoms with van der Waals surface area (Å²) in [6.45, 7) is 2.04. The monoisotopic (exact) mass is 538 g/mol. The van der Waals surface area contributed by atoms with Gasteiger partial charge in [-0.15, -0.1) is 0 Å². The van der Waals surface area contributed by atoms with Crippen molar-refractivity contribution in [3.05, 3.63) is 131 Å². The summed E-state index contributed by atoms with van der Waals surface area (Å²) < 4.78 is 1.96. The Bertz CT molecular complexity index is 1940. The van der Waals surface area contributed by atoms with Gasteiger partial charge in [-0.2, -0.15) is 0 Å². The lowest BCUT2D eigenvalue weighted by Crippen LogP contribution is -2.32. The zero-order chi connectivity index (χ0) is 27.6. The van der Waals surface area contributed by atoms with Gasteiger partial charge in [-0.1, -0.05) is 60.7 Å². The summed E-state index contributed by atoms with van der Waals surface area (Å²) in [7, 11) is 0. The van der Waals surface area contributed by atoms with Crippen molar-refractivity contribution in [2.45, 2.75) is 43.1 Å². The van der Waals surface area contributed by atoms with Crippen LogP contribution in [0.4, 0.5) is 5.69 Å². The van der Waals surface area contributed by atoms with Gasteiger partial charge in [-0.25, -0.2) is 9.97 Å². The van der Waals surface area contributed by atoms with Crippen molar-refractivity contribution < 1.29 is 0 Å². The van der Waals surface area contributed by atoms with Gasteiger partial charge in [0.25, 0.3) is 5.56 Å². The Morgan fingerprint density at radius 3 is 2.44 bits per heavy atom. The van der Waals surface area contributed by atoms with Crippen molar-refractivity contribution in [1.29, 1.82) is 0 Å². The van der Waals surface area contributed by atoms with Crippen molar-refractivity contribution in [2.75, 3.05) is 5.32 Å². The van der Waals surface area contributed by atoms with Crippen LogP contribution in [0.1, 0.15) is 36.0 Å². The summed E-state index contributed by atoms with van der Waals surface area (Å²) in [6.07, 6.45) is 10.5. The number of fused-ring (bicyclic) bond motifs is 1. The van der Waals surface area contributed by atoms with E-state index in [0.717, 1.165) is 47.2 Å². The van der Waals surface area contributed by atoms with E-state index in [9.17, 15) is 4.79 Å². The first kappa shape index (κ1) is 23.9. The van der Waals surface area contributed by atoms with Crippen LogP contribution in [-0.4, -0.2) is 30.5 Å². The van der Waals surface area contributed by atoms with Gasteiger partial charge >= 0.3 is 0 Å². The molecule has 202 valence electrons. The predicted octanol–water partition coefficient (Wildman–Crippen LogP) is 6.27. The summed E-state index contributed by atoms with van der Waals surface area (Å²) in [5, 5.41) is 3.83. The summed E-state index contributed by atoms with van der Waals surface area (Å²) in [6, 6.07) is 28.1. The summed E-state index contributed by atoms with van der Waals surface area (Å²) in [4.78, 5) is 28.8. The number of imidazole rings is 2. The molecule has 0 saturated heterocycles. The fourth-order valence-electron chi connectivity index (χ4n) is 7.14. The van der Waals surface area contributed by atoms with Gasteiger partial charge in [0.15, 0.2) is 0 Å². The quantitative estimate of drug-likeness (QED) is 0.224. The molecule has 0 aliphatic heterocycles. The van der Waals surface area contributed by atoms with Gasteiger partial charge in [0.1, 0.15) is 11.4 Å². The van der Waals surface area contributed by atoms with Crippen LogP contribution in [0.15, 0.2) is 109 Å². The molecular weight excluding hydrogens is 508 g/mol. The Kier molecular flexibility index (Phi) is 5.13. The first-order valence-corrected chi connectivity index (χ1v) is 14.2. The van der Waals surface area contributed by atoms with E-state index in [4.69, 9.17) is 4.98 Å². The highest BCUT2D eigenvalue weighted by molar-refractivity contribution is 5.86. The van der Waals surface area contributed by atoms with E-state index in [1.165, 1.54) is 11.1 Å². The summed E-state index contributed by atoms with van der Waals surface area (Å²) >= 11 is 0. The van der Waals surface area contributed by atoms with Gasteiger partial charge in [0.05, 0.1) is 23.0 Å². The number of aromatic amines is 2. The normalized spacial score (nSPS) is 20.7. The molecule has 2 atom stereocenters. The lowest BCUT2D eigenvalue weighted by atomic mass is 9.74. The molecule has 8 rings (SSSR count). The number of hydrogen-bond acceptors (Lipinski definition) is 4. The Hall–Kier alpha value is -4.91. The maximum Gasteiger partial charge on any atom is 0.261 e. The molecule has 2 unspecified atom stereocenters. The van der Waals surface area contributed by atoms with Crippen LogP contribution in [0, 0.1) is 6.92 Å². The number of nitrogens with zero attached hydrogens (tertiary/aromatic N) is 3. The first-order valence-electron chi connectivity index (χ1n) is 14.2. The van der Waals surface area contributed by atoms with Crippen molar-refractivity contribution in [3.8, 4) is 17.1 Å². The van der Waals surface area contributed by atoms with Crippen molar-refractivity contribution >= 4 is 16.7 Å². The van der Waals surface area contributed by atoms with E-state index in [1.54, 1.807) is 18.7 Å². The van der Waals surface area contributed by atoms with Crippen molar-refractivity contribution in [1.82, 2.24) is 24.5 Å². The zero-order valence-electron chi connectivity index (χ0n) is 22.8. The largest absolute Gasteiger partial charge is 0.381 e. The number of H-pyrrole nitrogens is 2. The van der Waals surface area contributed by atoms with E-state index in [2.05, 4.69) is 87.0 Å². The highest BCUT2D eigenvalue weighted by Crippen LogP contribution is 2.71. The Morgan fingerprint density at radius 2 is 1.73 bits per heavy atom. The molecule has 7 heteroatoms. The van der Waals surface area contributed by atoms with E-state index in [1.807, 2.05) is 29.8 Å². The van der Waals surface area contributed by atoms with E-state index >= 15 is 0 Å². The summed E-state index contributed by atoms with van der Waals surface area (Å²) in [5.41, 5.74) is 7.72. The molecule has 3 heterocycles. The molecule has 3 N–H and O–H groups in total. The van der Waals surface area contributed by atoms with Crippen LogP contribution in [0.25, 0.3) is 28.1 Å². The lowest BCUT2D eigenvalue weighted by Gasteiger charge is -2.30. The fourth-order valence-corrected chi connectivity index (χ4v) is 7.14. The maximum atomic E-state index is 13.4. The van der Waals surface area contributed by atoms with Crippen LogP contribution in [0.2, 0.25) is 0 Å². The molecule has 7 nitrogen and oxygen atoms in total. The SMILES string of the molecule is Cc1cc(-n2ccnc2)cc2[nH]c(-c3c(NC4CC4(c4ccccc4)C4(c5ccccc5)CC4)cc[nH]c3=O)nc12. The molecule has 0 amide bonds. The number of hydrogen-bond donors (Lipinski definition) is 3. The highest BCUT2D eigenvalue weighted by Gasteiger charge is 2.72. The third kappa shape index (κ3) is 3.62. The second-order valence-electron chi connectivity index (χ2n) is 11.5. The van der Waals surface area contributed by atoms with Crippen LogP contribution in [0.3, 0.4) is 0 Å². The molecule has 0 spiro atoms. The van der Waals surface area contributed by atoms with Gasteiger partial charge in [-0.3, -0.25) is 4.79 Å². The van der Waals surface area contributed by atoms with E-state index < -0.39 is 0 Å². The average Bonchev–Trinajstić information content (AvgIpc) is 3.82. The molecular formula is C34H30N6O. The number of anilines is 1. The lowest BCUT2D eigenvalue weighted by molar-refractivity contribution is 0.496. The molecule has 41 heavy (non-hydrogen) atoms. The number of rotatable bonds is 7. The molecule has 2 fully saturated rings. The van der Waals surface area contributed by atoms with Crippen LogP contribution in [-0.2, 0) is 10.8 Å². The zero-order valence-corrected chi connectivity index (χ0v) is 22.8. The van der Waals surface area contributed by atoms with Crippen LogP contribution >= 0.6 is 0 Å². The van der Waals surface area contributed by atoms with Gasteiger partial charge in [-0.05, 0) is 61.1 Å². The highest BCUT2D eigenvalue weighted by atomic mass is 16.1. The summed E-state index contributed by atoms with van der Waals surface area (Å²) in [5.74, 6) is 0.561. The Labute approximate surface area is 237 Å². The third-order valence-corrected chi connectivity index (χ3v) is 9.27. The maximum absolute atomic E-state index is 13.4. The average molecular weight is 539 g/mol. The minimum Gasteiger partial charge on any atom is -0.381 e. The molecule has 2 saturated carbocycles. The Morgan fingerprint density at radius 1 is 0.976 bits per heavy atom. The molecule has 0 bridgehead atoms. The third-order valence-electron chi connectivity index (χ3n) is 9.27. The predicted molar refractivity (Wildman–Crippen MR) is 162 cm³/mol. The number of pyridine rings is 1. The van der Waals surface area contributed by atoms with Crippen LogP contribution < -0.4 is 10.9 Å². The van der Waals surface area contributed by atoms with Crippen molar-refractivity contribution in [3.63, 3.8) is 0 Å². The van der Waals surface area contributed by atoms with Gasteiger partial charge < -0.3 is 19.9 Å². The molecule has 2 aliphatic rings. The minimum atomic E-state index is -0.170. The number of nitrogens with one attached hydrogen (secondary N) is 3. The number of benzene rings is 3. The second kappa shape index (κ2) is 8.80.